The first-order valence-corrected chi connectivity index (χ1v) is 7.19. The lowest BCUT2D eigenvalue weighted by atomic mass is 10.3. The van der Waals surface area contributed by atoms with Crippen LogP contribution in [0.25, 0.3) is 0 Å². The van der Waals surface area contributed by atoms with Crippen molar-refractivity contribution in [2.75, 3.05) is 7.05 Å². The highest BCUT2D eigenvalue weighted by Gasteiger charge is 2.23. The van der Waals surface area contributed by atoms with Gasteiger partial charge in [0.05, 0.1) is 12.4 Å². The van der Waals surface area contributed by atoms with Gasteiger partial charge in [0.1, 0.15) is 4.90 Å². The molecule has 0 saturated heterocycles. The average Bonchev–Trinajstić information content (AvgIpc) is 2.90. The van der Waals surface area contributed by atoms with Gasteiger partial charge in [-0.25, -0.2) is 8.42 Å². The maximum Gasteiger partial charge on any atom is 0.246 e. The van der Waals surface area contributed by atoms with Crippen molar-refractivity contribution in [1.29, 1.82) is 0 Å². The molecule has 0 atom stereocenters. The highest BCUT2D eigenvalue weighted by atomic mass is 32.2. The van der Waals surface area contributed by atoms with Crippen LogP contribution in [-0.4, -0.2) is 39.3 Å². The normalized spacial score (nSPS) is 12.3. The molecule has 8 heteroatoms. The zero-order chi connectivity index (χ0) is 14.2. The Balaban J connectivity index is 2.24. The lowest BCUT2D eigenvalue weighted by molar-refractivity contribution is 0.465. The largest absolute Gasteiger partial charge is 0.274 e. The molecule has 104 valence electrons. The third-order valence-electron chi connectivity index (χ3n) is 3.12. The van der Waals surface area contributed by atoms with Crippen molar-refractivity contribution in [3.63, 3.8) is 0 Å². The summed E-state index contributed by atoms with van der Waals surface area (Å²) in [6.45, 7) is 2.20. The number of aromatic nitrogens is 4. The molecule has 0 aliphatic carbocycles. The van der Waals surface area contributed by atoms with Crippen molar-refractivity contribution in [2.45, 2.75) is 18.4 Å². The van der Waals surface area contributed by atoms with Crippen molar-refractivity contribution in [3.8, 4) is 0 Å². The Morgan fingerprint density at radius 1 is 1.26 bits per heavy atom. The third-order valence-corrected chi connectivity index (χ3v) is 4.88. The Hall–Kier alpha value is -1.67. The van der Waals surface area contributed by atoms with E-state index in [1.165, 1.54) is 21.4 Å². The number of sulfonamides is 1. The van der Waals surface area contributed by atoms with Gasteiger partial charge < -0.3 is 0 Å². The third kappa shape index (κ3) is 2.54. The van der Waals surface area contributed by atoms with Crippen LogP contribution in [0.15, 0.2) is 23.5 Å². The van der Waals surface area contributed by atoms with E-state index in [1.807, 2.05) is 14.0 Å². The number of hydrogen-bond acceptors (Lipinski definition) is 4. The molecule has 0 saturated carbocycles. The first-order valence-electron chi connectivity index (χ1n) is 5.75. The summed E-state index contributed by atoms with van der Waals surface area (Å²) in [5.41, 5.74) is 1.84. The molecule has 19 heavy (non-hydrogen) atoms. The predicted molar refractivity (Wildman–Crippen MR) is 69.8 cm³/mol. The van der Waals surface area contributed by atoms with E-state index in [2.05, 4.69) is 10.2 Å². The van der Waals surface area contributed by atoms with E-state index in [4.69, 9.17) is 0 Å². The number of nitrogens with zero attached hydrogens (tertiary/aromatic N) is 5. The van der Waals surface area contributed by atoms with Crippen LogP contribution in [0.1, 0.15) is 11.3 Å². The molecule has 2 heterocycles. The van der Waals surface area contributed by atoms with E-state index < -0.39 is 10.0 Å². The fourth-order valence-corrected chi connectivity index (χ4v) is 2.87. The van der Waals surface area contributed by atoms with E-state index >= 15 is 0 Å². The van der Waals surface area contributed by atoms with Gasteiger partial charge in [0.15, 0.2) is 0 Å². The second-order valence-corrected chi connectivity index (χ2v) is 6.53. The SMILES string of the molecule is Cc1c(CN(C)S(=O)(=O)c2cnn(C)c2)cnn1C. The summed E-state index contributed by atoms with van der Waals surface area (Å²) in [6, 6.07) is 0. The highest BCUT2D eigenvalue weighted by Crippen LogP contribution is 2.17. The Morgan fingerprint density at radius 3 is 2.42 bits per heavy atom. The monoisotopic (exact) mass is 283 g/mol. The van der Waals surface area contributed by atoms with Gasteiger partial charge in [-0.3, -0.25) is 9.36 Å². The first-order chi connectivity index (χ1) is 8.82. The second-order valence-electron chi connectivity index (χ2n) is 4.49. The zero-order valence-electron chi connectivity index (χ0n) is 11.4. The molecule has 0 N–H and O–H groups in total. The summed E-state index contributed by atoms with van der Waals surface area (Å²) in [5, 5.41) is 8.00. The molecule has 0 aliphatic rings. The second kappa shape index (κ2) is 4.78. The maximum atomic E-state index is 12.3. The molecule has 0 aromatic carbocycles. The maximum absolute atomic E-state index is 12.3. The van der Waals surface area contributed by atoms with Crippen LogP contribution in [0.4, 0.5) is 0 Å². The Morgan fingerprint density at radius 2 is 1.95 bits per heavy atom. The summed E-state index contributed by atoms with van der Waals surface area (Å²) in [5.74, 6) is 0. The van der Waals surface area contributed by atoms with Crippen LogP contribution in [-0.2, 0) is 30.7 Å². The quantitative estimate of drug-likeness (QED) is 0.808. The Kier molecular flexibility index (Phi) is 3.46. The molecule has 0 amide bonds. The smallest absolute Gasteiger partial charge is 0.246 e. The van der Waals surface area contributed by atoms with E-state index in [9.17, 15) is 8.42 Å². The van der Waals surface area contributed by atoms with Crippen LogP contribution in [0.5, 0.6) is 0 Å². The molecule has 2 aromatic heterocycles. The summed E-state index contributed by atoms with van der Waals surface area (Å²) in [4.78, 5) is 0.194. The summed E-state index contributed by atoms with van der Waals surface area (Å²) in [6.07, 6.45) is 4.52. The zero-order valence-corrected chi connectivity index (χ0v) is 12.2. The van der Waals surface area contributed by atoms with Crippen molar-refractivity contribution in [2.24, 2.45) is 14.1 Å². The van der Waals surface area contributed by atoms with Gasteiger partial charge in [0.25, 0.3) is 0 Å². The fourth-order valence-electron chi connectivity index (χ4n) is 1.74. The minimum atomic E-state index is -3.51. The molecule has 2 aromatic rings. The minimum absolute atomic E-state index is 0.194. The van der Waals surface area contributed by atoms with Crippen molar-refractivity contribution in [1.82, 2.24) is 23.9 Å². The van der Waals surface area contributed by atoms with Gasteiger partial charge in [-0.1, -0.05) is 0 Å². The van der Waals surface area contributed by atoms with Gasteiger partial charge in [-0.05, 0) is 6.92 Å². The predicted octanol–water partition coefficient (Wildman–Crippen LogP) is 0.283. The molecule has 0 radical (unpaired) electrons. The van der Waals surface area contributed by atoms with Gasteiger partial charge in [-0.15, -0.1) is 0 Å². The molecule has 0 bridgehead atoms. The van der Waals surface area contributed by atoms with E-state index in [1.54, 1.807) is 25.0 Å². The van der Waals surface area contributed by atoms with E-state index in [-0.39, 0.29) is 11.4 Å². The molecular formula is C11H17N5O2S. The molecule has 0 unspecified atom stereocenters. The topological polar surface area (TPSA) is 73.0 Å². The van der Waals surface area contributed by atoms with Crippen molar-refractivity contribution >= 4 is 10.0 Å². The van der Waals surface area contributed by atoms with Crippen LogP contribution in [0.2, 0.25) is 0 Å². The van der Waals surface area contributed by atoms with Crippen molar-refractivity contribution in [3.05, 3.63) is 29.8 Å². The van der Waals surface area contributed by atoms with Gasteiger partial charge >= 0.3 is 0 Å². The molecule has 7 nitrogen and oxygen atoms in total. The van der Waals surface area contributed by atoms with Crippen LogP contribution in [0, 0.1) is 6.92 Å². The number of aryl methyl sites for hydroxylation is 2. The summed E-state index contributed by atoms with van der Waals surface area (Å²) >= 11 is 0. The van der Waals surface area contributed by atoms with Crippen LogP contribution in [0.3, 0.4) is 0 Å². The van der Waals surface area contributed by atoms with Crippen LogP contribution >= 0.6 is 0 Å². The molecular weight excluding hydrogens is 266 g/mol. The molecule has 0 spiro atoms. The summed E-state index contributed by atoms with van der Waals surface area (Å²) < 4.78 is 29.1. The van der Waals surface area contributed by atoms with E-state index in [0.717, 1.165) is 11.3 Å². The van der Waals surface area contributed by atoms with Gasteiger partial charge in [-0.2, -0.15) is 14.5 Å². The lowest BCUT2D eigenvalue weighted by Crippen LogP contribution is -2.26. The molecule has 2 rings (SSSR count). The van der Waals surface area contributed by atoms with Crippen LogP contribution < -0.4 is 0 Å². The first kappa shape index (κ1) is 13.8. The minimum Gasteiger partial charge on any atom is -0.274 e. The van der Waals surface area contributed by atoms with E-state index in [0.29, 0.717) is 0 Å². The Labute approximate surface area is 112 Å². The molecule has 0 fully saturated rings. The number of rotatable bonds is 4. The highest BCUT2D eigenvalue weighted by molar-refractivity contribution is 7.89. The average molecular weight is 283 g/mol. The fraction of sp³-hybridized carbons (Fsp3) is 0.455. The lowest BCUT2D eigenvalue weighted by Gasteiger charge is -2.15. The van der Waals surface area contributed by atoms with Crippen molar-refractivity contribution < 1.29 is 8.42 Å². The molecule has 0 aliphatic heterocycles. The Bertz CT molecular complexity index is 686. The standard InChI is InChI=1S/C11H17N5O2S/c1-9-10(5-13-16(9)4)7-15(3)19(17,18)11-6-12-14(2)8-11/h5-6,8H,7H2,1-4H3. The number of hydrogen-bond donors (Lipinski definition) is 0. The van der Waals surface area contributed by atoms with Gasteiger partial charge in [0.2, 0.25) is 10.0 Å². The summed E-state index contributed by atoms with van der Waals surface area (Å²) in [7, 11) is 1.55. The van der Waals surface area contributed by atoms with Gasteiger partial charge in [0, 0.05) is 45.1 Å².